The monoisotopic (exact) mass is 345 g/mol. The van der Waals surface area contributed by atoms with Crippen molar-refractivity contribution in [1.29, 1.82) is 0 Å². The summed E-state index contributed by atoms with van der Waals surface area (Å²) in [6.45, 7) is 2.23. The van der Waals surface area contributed by atoms with E-state index in [-0.39, 0.29) is 5.25 Å². The molecule has 0 aromatic carbocycles. The molecule has 2 aromatic heterocycles. The van der Waals surface area contributed by atoms with Gasteiger partial charge in [0.15, 0.2) is 0 Å². The van der Waals surface area contributed by atoms with E-state index in [4.69, 9.17) is 0 Å². The van der Waals surface area contributed by atoms with Gasteiger partial charge in [0.2, 0.25) is 16.0 Å². The van der Waals surface area contributed by atoms with Gasteiger partial charge in [-0.2, -0.15) is 4.31 Å². The molecule has 1 saturated heterocycles. The highest BCUT2D eigenvalue weighted by Crippen LogP contribution is 2.31. The second kappa shape index (κ2) is 6.10. The normalized spacial score (nSPS) is 19.4. The molecular formula is C16H19N5O2S. The zero-order chi connectivity index (χ0) is 16.6. The Kier molecular flexibility index (Phi) is 3.93. The highest BCUT2D eigenvalue weighted by atomic mass is 32.2. The Balaban J connectivity index is 1.48. The van der Waals surface area contributed by atoms with E-state index >= 15 is 0 Å². The Labute approximate surface area is 141 Å². The number of aromatic nitrogens is 3. The van der Waals surface area contributed by atoms with Crippen LogP contribution < -0.4 is 4.90 Å². The van der Waals surface area contributed by atoms with Crippen LogP contribution in [0.25, 0.3) is 11.3 Å². The standard InChI is InChI=1S/C16H19N5O2S/c22-24(23,14-3-4-14)21-10-8-20(9-11-21)16-18-7-5-15(19-16)13-2-1-6-17-12-13/h1-2,5-7,12,14H,3-4,8-11H2. The van der Waals surface area contributed by atoms with Gasteiger partial charge in [-0.15, -0.1) is 0 Å². The maximum atomic E-state index is 12.3. The molecule has 0 bridgehead atoms. The van der Waals surface area contributed by atoms with Gasteiger partial charge in [0.1, 0.15) is 0 Å². The van der Waals surface area contributed by atoms with Gasteiger partial charge >= 0.3 is 0 Å². The summed E-state index contributed by atoms with van der Waals surface area (Å²) in [7, 11) is -3.09. The van der Waals surface area contributed by atoms with Gasteiger partial charge in [-0.25, -0.2) is 18.4 Å². The maximum absolute atomic E-state index is 12.3. The van der Waals surface area contributed by atoms with Crippen molar-refractivity contribution in [2.75, 3.05) is 31.1 Å². The lowest BCUT2D eigenvalue weighted by molar-refractivity contribution is 0.382. The summed E-state index contributed by atoms with van der Waals surface area (Å²) < 4.78 is 26.2. The summed E-state index contributed by atoms with van der Waals surface area (Å²) in [4.78, 5) is 15.1. The van der Waals surface area contributed by atoms with Crippen molar-refractivity contribution in [3.05, 3.63) is 36.8 Å². The Bertz CT molecular complexity index is 815. The minimum Gasteiger partial charge on any atom is -0.338 e. The quantitative estimate of drug-likeness (QED) is 0.827. The molecule has 0 unspecified atom stereocenters. The summed E-state index contributed by atoms with van der Waals surface area (Å²) in [5.74, 6) is 0.639. The van der Waals surface area contributed by atoms with Gasteiger partial charge in [-0.1, -0.05) is 0 Å². The first-order chi connectivity index (χ1) is 11.6. The van der Waals surface area contributed by atoms with Crippen molar-refractivity contribution in [1.82, 2.24) is 19.3 Å². The molecule has 1 saturated carbocycles. The molecule has 3 heterocycles. The highest BCUT2D eigenvalue weighted by Gasteiger charge is 2.41. The first-order valence-electron chi connectivity index (χ1n) is 8.12. The lowest BCUT2D eigenvalue weighted by Crippen LogP contribution is -2.50. The number of anilines is 1. The molecule has 0 N–H and O–H groups in total. The van der Waals surface area contributed by atoms with Gasteiger partial charge in [0.05, 0.1) is 10.9 Å². The molecule has 0 spiro atoms. The fourth-order valence-electron chi connectivity index (χ4n) is 2.90. The Morgan fingerprint density at radius 3 is 2.50 bits per heavy atom. The molecule has 7 nitrogen and oxygen atoms in total. The second-order valence-electron chi connectivity index (χ2n) is 6.11. The van der Waals surface area contributed by atoms with Crippen LogP contribution in [0.4, 0.5) is 5.95 Å². The van der Waals surface area contributed by atoms with Crippen LogP contribution >= 0.6 is 0 Å². The molecule has 0 amide bonds. The predicted molar refractivity (Wildman–Crippen MR) is 91.0 cm³/mol. The number of hydrogen-bond donors (Lipinski definition) is 0. The van der Waals surface area contributed by atoms with E-state index in [1.165, 1.54) is 0 Å². The molecule has 8 heteroatoms. The SMILES string of the molecule is O=S(=O)(C1CC1)N1CCN(c2nccc(-c3cccnc3)n2)CC1. The fourth-order valence-corrected chi connectivity index (χ4v) is 4.72. The van der Waals surface area contributed by atoms with Gasteiger partial charge in [-0.05, 0) is 31.0 Å². The average Bonchev–Trinajstić information content (AvgIpc) is 3.48. The number of nitrogens with zero attached hydrogens (tertiary/aromatic N) is 5. The molecule has 1 aliphatic heterocycles. The minimum absolute atomic E-state index is 0.144. The van der Waals surface area contributed by atoms with Crippen molar-refractivity contribution in [3.8, 4) is 11.3 Å². The van der Waals surface area contributed by atoms with E-state index in [2.05, 4.69) is 15.0 Å². The van der Waals surface area contributed by atoms with Gasteiger partial charge in [0, 0.05) is 50.3 Å². The first kappa shape index (κ1) is 15.5. The van der Waals surface area contributed by atoms with Crippen LogP contribution in [-0.4, -0.2) is 59.1 Å². The molecule has 2 aromatic rings. The van der Waals surface area contributed by atoms with Crippen LogP contribution in [-0.2, 0) is 10.0 Å². The van der Waals surface area contributed by atoms with Crippen LogP contribution in [0, 0.1) is 0 Å². The van der Waals surface area contributed by atoms with Crippen molar-refractivity contribution in [2.45, 2.75) is 18.1 Å². The summed E-state index contributed by atoms with van der Waals surface area (Å²) in [5.41, 5.74) is 1.76. The molecule has 0 radical (unpaired) electrons. The van der Waals surface area contributed by atoms with Crippen molar-refractivity contribution in [2.24, 2.45) is 0 Å². The van der Waals surface area contributed by atoms with Crippen LogP contribution in [0.15, 0.2) is 36.8 Å². The van der Waals surface area contributed by atoms with Crippen LogP contribution in [0.1, 0.15) is 12.8 Å². The lowest BCUT2D eigenvalue weighted by atomic mass is 10.2. The number of hydrogen-bond acceptors (Lipinski definition) is 6. The number of sulfonamides is 1. The Hall–Kier alpha value is -2.06. The van der Waals surface area contributed by atoms with Crippen molar-refractivity contribution >= 4 is 16.0 Å². The second-order valence-corrected chi connectivity index (χ2v) is 8.33. The summed E-state index contributed by atoms with van der Waals surface area (Å²) >= 11 is 0. The van der Waals surface area contributed by atoms with Gasteiger partial charge in [-0.3, -0.25) is 4.98 Å². The third kappa shape index (κ3) is 2.99. The lowest BCUT2D eigenvalue weighted by Gasteiger charge is -2.34. The molecular weight excluding hydrogens is 326 g/mol. The minimum atomic E-state index is -3.09. The van der Waals surface area contributed by atoms with Gasteiger partial charge < -0.3 is 4.90 Å². The van der Waals surface area contributed by atoms with Gasteiger partial charge in [0.25, 0.3) is 0 Å². The molecule has 2 fully saturated rings. The van der Waals surface area contributed by atoms with Crippen LogP contribution in [0.2, 0.25) is 0 Å². The van der Waals surface area contributed by atoms with E-state index in [0.717, 1.165) is 24.1 Å². The van der Waals surface area contributed by atoms with E-state index < -0.39 is 10.0 Å². The summed E-state index contributed by atoms with van der Waals surface area (Å²) in [5, 5.41) is -0.144. The molecule has 2 aliphatic rings. The number of pyridine rings is 1. The maximum Gasteiger partial charge on any atom is 0.225 e. The predicted octanol–water partition coefficient (Wildman–Crippen LogP) is 1.15. The Morgan fingerprint density at radius 2 is 1.83 bits per heavy atom. The van der Waals surface area contributed by atoms with E-state index in [1.54, 1.807) is 22.9 Å². The zero-order valence-corrected chi connectivity index (χ0v) is 14.1. The van der Waals surface area contributed by atoms with Crippen LogP contribution in [0.5, 0.6) is 0 Å². The molecule has 24 heavy (non-hydrogen) atoms. The third-order valence-electron chi connectivity index (χ3n) is 4.43. The van der Waals surface area contributed by atoms with E-state index in [0.29, 0.717) is 32.1 Å². The molecule has 4 rings (SSSR count). The largest absolute Gasteiger partial charge is 0.338 e. The number of rotatable bonds is 4. The highest BCUT2D eigenvalue weighted by molar-refractivity contribution is 7.90. The van der Waals surface area contributed by atoms with Crippen molar-refractivity contribution in [3.63, 3.8) is 0 Å². The van der Waals surface area contributed by atoms with E-state index in [9.17, 15) is 8.42 Å². The average molecular weight is 345 g/mol. The summed E-state index contributed by atoms with van der Waals surface area (Å²) in [6, 6.07) is 5.69. The third-order valence-corrected chi connectivity index (χ3v) is 6.83. The molecule has 126 valence electrons. The molecule has 0 atom stereocenters. The smallest absolute Gasteiger partial charge is 0.225 e. The molecule has 1 aliphatic carbocycles. The van der Waals surface area contributed by atoms with Crippen molar-refractivity contribution < 1.29 is 8.42 Å². The summed E-state index contributed by atoms with van der Waals surface area (Å²) in [6.07, 6.45) is 6.84. The fraction of sp³-hybridized carbons (Fsp3) is 0.438. The van der Waals surface area contributed by atoms with Crippen LogP contribution in [0.3, 0.4) is 0 Å². The zero-order valence-electron chi connectivity index (χ0n) is 13.2. The van der Waals surface area contributed by atoms with E-state index in [1.807, 2.05) is 23.1 Å². The Morgan fingerprint density at radius 1 is 1.04 bits per heavy atom. The number of piperazine rings is 1. The topological polar surface area (TPSA) is 79.3 Å². The first-order valence-corrected chi connectivity index (χ1v) is 9.62.